The van der Waals surface area contributed by atoms with Gasteiger partial charge in [0.05, 0.1) is 19.1 Å². The van der Waals surface area contributed by atoms with Gasteiger partial charge in [-0.15, -0.1) is 0 Å². The Morgan fingerprint density at radius 2 is 2.10 bits per heavy atom. The van der Waals surface area contributed by atoms with Crippen LogP contribution in [0.4, 0.5) is 0 Å². The van der Waals surface area contributed by atoms with Crippen LogP contribution in [-0.2, 0) is 9.59 Å². The van der Waals surface area contributed by atoms with Gasteiger partial charge in [0, 0.05) is 13.1 Å². The number of nitrogens with zero attached hydrogens (tertiary/aromatic N) is 1. The summed E-state index contributed by atoms with van der Waals surface area (Å²) in [6.45, 7) is 6.01. The van der Waals surface area contributed by atoms with E-state index in [0.717, 1.165) is 18.5 Å². The van der Waals surface area contributed by atoms with E-state index in [1.807, 2.05) is 11.8 Å². The van der Waals surface area contributed by atoms with Gasteiger partial charge in [-0.05, 0) is 18.9 Å². The summed E-state index contributed by atoms with van der Waals surface area (Å²) < 4.78 is 0. The lowest BCUT2D eigenvalue weighted by Gasteiger charge is -2.27. The van der Waals surface area contributed by atoms with Crippen molar-refractivity contribution in [1.82, 2.24) is 15.5 Å². The van der Waals surface area contributed by atoms with Gasteiger partial charge in [0.2, 0.25) is 11.8 Å². The predicted octanol–water partition coefficient (Wildman–Crippen LogP) is 0.994. The number of rotatable bonds is 5. The number of carbonyl (C=O) groups excluding carboxylic acids is 2. The van der Waals surface area contributed by atoms with E-state index in [2.05, 4.69) is 41.8 Å². The predicted molar refractivity (Wildman–Crippen MR) is 81.8 cm³/mol. The normalized spacial score (nSPS) is 17.1. The molecule has 0 radical (unpaired) electrons. The zero-order valence-corrected chi connectivity index (χ0v) is 12.7. The van der Waals surface area contributed by atoms with Gasteiger partial charge in [-0.3, -0.25) is 14.5 Å². The minimum Gasteiger partial charge on any atom is -0.354 e. The van der Waals surface area contributed by atoms with Gasteiger partial charge in [0.15, 0.2) is 0 Å². The molecule has 0 aliphatic carbocycles. The second-order valence-corrected chi connectivity index (χ2v) is 5.50. The van der Waals surface area contributed by atoms with E-state index in [1.165, 1.54) is 5.56 Å². The molecule has 0 saturated carbocycles. The van der Waals surface area contributed by atoms with Gasteiger partial charge in [-0.25, -0.2) is 0 Å². The van der Waals surface area contributed by atoms with Gasteiger partial charge >= 0.3 is 0 Å². The maximum atomic E-state index is 12.1. The van der Waals surface area contributed by atoms with Crippen LogP contribution in [0.15, 0.2) is 24.3 Å². The molecule has 0 bridgehead atoms. The molecule has 5 heteroatoms. The van der Waals surface area contributed by atoms with Crippen LogP contribution < -0.4 is 10.6 Å². The zero-order valence-electron chi connectivity index (χ0n) is 12.7. The Kier molecular flexibility index (Phi) is 5.33. The van der Waals surface area contributed by atoms with Crippen molar-refractivity contribution in [2.75, 3.05) is 26.2 Å². The summed E-state index contributed by atoms with van der Waals surface area (Å²) in [7, 11) is 0. The minimum atomic E-state index is -0.0304. The maximum Gasteiger partial charge on any atom is 0.234 e. The summed E-state index contributed by atoms with van der Waals surface area (Å²) in [6, 6.07) is 8.24. The first-order chi connectivity index (χ1) is 10.1. The second-order valence-electron chi connectivity index (χ2n) is 5.50. The molecule has 2 amide bonds. The maximum absolute atomic E-state index is 12.1. The Balaban J connectivity index is 1.90. The standard InChI is InChI=1S/C16H23N3O2/c1-3-14(13-6-4-12(2)5-7-13)18-16(21)11-19-9-8-17-15(20)10-19/h4-7,14H,3,8-11H2,1-2H3,(H,17,20)(H,18,21)/t14-/m0/s1. The highest BCUT2D eigenvalue weighted by atomic mass is 16.2. The molecule has 5 nitrogen and oxygen atoms in total. The Bertz CT molecular complexity index is 499. The lowest BCUT2D eigenvalue weighted by molar-refractivity contribution is -0.127. The number of benzene rings is 1. The Morgan fingerprint density at radius 1 is 1.38 bits per heavy atom. The summed E-state index contributed by atoms with van der Waals surface area (Å²) in [6.07, 6.45) is 0.843. The third kappa shape index (κ3) is 4.56. The van der Waals surface area contributed by atoms with Crippen molar-refractivity contribution in [2.24, 2.45) is 0 Å². The largest absolute Gasteiger partial charge is 0.354 e. The molecule has 1 aromatic carbocycles. The number of nitrogens with one attached hydrogen (secondary N) is 2. The Morgan fingerprint density at radius 3 is 2.71 bits per heavy atom. The van der Waals surface area contributed by atoms with E-state index in [0.29, 0.717) is 13.1 Å². The first-order valence-corrected chi connectivity index (χ1v) is 7.43. The van der Waals surface area contributed by atoms with E-state index < -0.39 is 0 Å². The van der Waals surface area contributed by atoms with Crippen molar-refractivity contribution in [3.05, 3.63) is 35.4 Å². The van der Waals surface area contributed by atoms with Crippen LogP contribution in [0.2, 0.25) is 0 Å². The monoisotopic (exact) mass is 289 g/mol. The number of hydrogen-bond donors (Lipinski definition) is 2. The molecule has 0 spiro atoms. The van der Waals surface area contributed by atoms with Crippen LogP contribution in [0, 0.1) is 6.92 Å². The van der Waals surface area contributed by atoms with Crippen LogP contribution in [-0.4, -0.2) is 42.9 Å². The topological polar surface area (TPSA) is 61.4 Å². The number of amides is 2. The fraction of sp³-hybridized carbons (Fsp3) is 0.500. The van der Waals surface area contributed by atoms with Crippen molar-refractivity contribution >= 4 is 11.8 Å². The van der Waals surface area contributed by atoms with Crippen LogP contribution in [0.25, 0.3) is 0 Å². The molecular formula is C16H23N3O2. The molecule has 1 heterocycles. The van der Waals surface area contributed by atoms with Gasteiger partial charge < -0.3 is 10.6 Å². The fourth-order valence-corrected chi connectivity index (χ4v) is 2.49. The van der Waals surface area contributed by atoms with E-state index in [4.69, 9.17) is 0 Å². The van der Waals surface area contributed by atoms with E-state index in [1.54, 1.807) is 0 Å². The van der Waals surface area contributed by atoms with Crippen LogP contribution >= 0.6 is 0 Å². The van der Waals surface area contributed by atoms with E-state index in [-0.39, 0.29) is 24.4 Å². The highest BCUT2D eigenvalue weighted by Gasteiger charge is 2.20. The highest BCUT2D eigenvalue weighted by molar-refractivity contribution is 5.82. The zero-order chi connectivity index (χ0) is 15.2. The van der Waals surface area contributed by atoms with Crippen LogP contribution in [0.1, 0.15) is 30.5 Å². The quantitative estimate of drug-likeness (QED) is 0.850. The average molecular weight is 289 g/mol. The molecule has 0 unspecified atom stereocenters. The fourth-order valence-electron chi connectivity index (χ4n) is 2.49. The molecule has 1 aromatic rings. The van der Waals surface area contributed by atoms with Crippen LogP contribution in [0.5, 0.6) is 0 Å². The van der Waals surface area contributed by atoms with Crippen molar-refractivity contribution in [2.45, 2.75) is 26.3 Å². The summed E-state index contributed by atoms with van der Waals surface area (Å²) in [4.78, 5) is 25.3. The molecule has 114 valence electrons. The molecule has 1 atom stereocenters. The van der Waals surface area contributed by atoms with Crippen molar-refractivity contribution in [1.29, 1.82) is 0 Å². The van der Waals surface area contributed by atoms with Crippen LogP contribution in [0.3, 0.4) is 0 Å². The summed E-state index contributed by atoms with van der Waals surface area (Å²) >= 11 is 0. The average Bonchev–Trinajstić information content (AvgIpc) is 2.46. The molecule has 1 aliphatic rings. The Labute approximate surface area is 125 Å². The van der Waals surface area contributed by atoms with Gasteiger partial charge in [0.1, 0.15) is 0 Å². The van der Waals surface area contributed by atoms with Gasteiger partial charge in [-0.1, -0.05) is 36.8 Å². The van der Waals surface area contributed by atoms with E-state index in [9.17, 15) is 9.59 Å². The number of aryl methyl sites for hydroxylation is 1. The Hall–Kier alpha value is -1.88. The molecule has 1 aliphatic heterocycles. The first-order valence-electron chi connectivity index (χ1n) is 7.43. The number of carbonyl (C=O) groups is 2. The molecule has 2 N–H and O–H groups in total. The first kappa shape index (κ1) is 15.5. The lowest BCUT2D eigenvalue weighted by Crippen LogP contribution is -2.50. The summed E-state index contributed by atoms with van der Waals surface area (Å²) in [5, 5.41) is 5.81. The van der Waals surface area contributed by atoms with E-state index >= 15 is 0 Å². The summed E-state index contributed by atoms with van der Waals surface area (Å²) in [5.74, 6) is -0.0447. The molecule has 2 rings (SSSR count). The molecule has 1 saturated heterocycles. The number of hydrogen-bond acceptors (Lipinski definition) is 3. The number of piperazine rings is 1. The third-order valence-electron chi connectivity index (χ3n) is 3.71. The minimum absolute atomic E-state index is 0.0142. The van der Waals surface area contributed by atoms with Gasteiger partial charge in [-0.2, -0.15) is 0 Å². The molecule has 21 heavy (non-hydrogen) atoms. The second kappa shape index (κ2) is 7.22. The SMILES string of the molecule is CC[C@H](NC(=O)CN1CCNC(=O)C1)c1ccc(C)cc1. The van der Waals surface area contributed by atoms with Gasteiger partial charge in [0.25, 0.3) is 0 Å². The van der Waals surface area contributed by atoms with Crippen molar-refractivity contribution in [3.63, 3.8) is 0 Å². The van der Waals surface area contributed by atoms with Crippen molar-refractivity contribution < 1.29 is 9.59 Å². The highest BCUT2D eigenvalue weighted by Crippen LogP contribution is 2.17. The molecular weight excluding hydrogens is 266 g/mol. The van der Waals surface area contributed by atoms with Crippen molar-refractivity contribution in [3.8, 4) is 0 Å². The lowest BCUT2D eigenvalue weighted by atomic mass is 10.0. The molecule has 0 aromatic heterocycles. The summed E-state index contributed by atoms with van der Waals surface area (Å²) in [5.41, 5.74) is 2.33. The third-order valence-corrected chi connectivity index (χ3v) is 3.71. The smallest absolute Gasteiger partial charge is 0.234 e. The molecule has 1 fully saturated rings.